The minimum Gasteiger partial charge on any atom is -0.313 e. The third-order valence-electron chi connectivity index (χ3n) is 5.57. The molecule has 0 radical (unpaired) electrons. The highest BCUT2D eigenvalue weighted by molar-refractivity contribution is 5.26. The minimum atomic E-state index is 0.654. The first-order valence-electron chi connectivity index (χ1n) is 8.89. The van der Waals surface area contributed by atoms with Gasteiger partial charge in [-0.3, -0.25) is 0 Å². The van der Waals surface area contributed by atoms with Crippen molar-refractivity contribution in [1.29, 1.82) is 0 Å². The standard InChI is InChI=1S/C20H33N/c1-5-12-21-20(14-18-9-7-6-8-16(18)3)19-11-10-15(2)17(4)13-19/h6-9,15,17,19-21H,5,10-14H2,1-4H3. The molecule has 1 heteroatoms. The summed E-state index contributed by atoms with van der Waals surface area (Å²) in [4.78, 5) is 0. The second-order valence-corrected chi connectivity index (χ2v) is 7.22. The molecule has 1 saturated carbocycles. The number of hydrogen-bond donors (Lipinski definition) is 1. The van der Waals surface area contributed by atoms with Crippen LogP contribution in [0.3, 0.4) is 0 Å². The lowest BCUT2D eigenvalue weighted by atomic mass is 9.72. The van der Waals surface area contributed by atoms with Crippen LogP contribution in [0, 0.1) is 24.7 Å². The van der Waals surface area contributed by atoms with Crippen LogP contribution in [0.4, 0.5) is 0 Å². The second-order valence-electron chi connectivity index (χ2n) is 7.22. The first-order valence-corrected chi connectivity index (χ1v) is 8.89. The van der Waals surface area contributed by atoms with Crippen molar-refractivity contribution in [2.45, 2.75) is 65.8 Å². The topological polar surface area (TPSA) is 12.0 Å². The van der Waals surface area contributed by atoms with Crippen LogP contribution in [0.15, 0.2) is 24.3 Å². The Morgan fingerprint density at radius 2 is 1.90 bits per heavy atom. The maximum Gasteiger partial charge on any atom is 0.0136 e. The van der Waals surface area contributed by atoms with E-state index >= 15 is 0 Å². The van der Waals surface area contributed by atoms with Gasteiger partial charge >= 0.3 is 0 Å². The molecule has 118 valence electrons. The maximum absolute atomic E-state index is 3.85. The molecule has 4 unspecified atom stereocenters. The molecule has 0 heterocycles. The molecule has 0 bridgehead atoms. The van der Waals surface area contributed by atoms with E-state index in [0.717, 1.165) is 24.3 Å². The van der Waals surface area contributed by atoms with E-state index in [-0.39, 0.29) is 0 Å². The molecule has 1 aromatic rings. The van der Waals surface area contributed by atoms with Gasteiger partial charge < -0.3 is 5.32 Å². The average Bonchev–Trinajstić information content (AvgIpc) is 2.48. The summed E-state index contributed by atoms with van der Waals surface area (Å²) >= 11 is 0. The van der Waals surface area contributed by atoms with E-state index in [2.05, 4.69) is 57.3 Å². The lowest BCUT2D eigenvalue weighted by molar-refractivity contribution is 0.170. The molecule has 21 heavy (non-hydrogen) atoms. The van der Waals surface area contributed by atoms with Gasteiger partial charge in [-0.1, -0.05) is 51.5 Å². The van der Waals surface area contributed by atoms with Crippen molar-refractivity contribution in [3.05, 3.63) is 35.4 Å². The molecular formula is C20H33N. The van der Waals surface area contributed by atoms with Gasteiger partial charge in [0.25, 0.3) is 0 Å². The summed E-state index contributed by atoms with van der Waals surface area (Å²) in [6, 6.07) is 9.55. The zero-order valence-corrected chi connectivity index (χ0v) is 14.4. The van der Waals surface area contributed by atoms with Gasteiger partial charge in [0, 0.05) is 6.04 Å². The van der Waals surface area contributed by atoms with Crippen molar-refractivity contribution in [3.63, 3.8) is 0 Å². The van der Waals surface area contributed by atoms with Crippen LogP contribution in [0.5, 0.6) is 0 Å². The molecule has 0 spiro atoms. The lowest BCUT2D eigenvalue weighted by Gasteiger charge is -2.37. The Kier molecular flexibility index (Phi) is 6.29. The molecule has 1 aliphatic carbocycles. The van der Waals surface area contributed by atoms with Gasteiger partial charge in [-0.15, -0.1) is 0 Å². The Balaban J connectivity index is 2.05. The van der Waals surface area contributed by atoms with Gasteiger partial charge in [0.1, 0.15) is 0 Å². The Labute approximate surface area is 131 Å². The van der Waals surface area contributed by atoms with E-state index in [1.165, 1.54) is 43.2 Å². The molecular weight excluding hydrogens is 254 g/mol. The normalized spacial score (nSPS) is 27.5. The highest BCUT2D eigenvalue weighted by Gasteiger charge is 2.30. The quantitative estimate of drug-likeness (QED) is 0.778. The van der Waals surface area contributed by atoms with E-state index in [4.69, 9.17) is 0 Å². The Morgan fingerprint density at radius 3 is 2.57 bits per heavy atom. The Hall–Kier alpha value is -0.820. The predicted molar refractivity (Wildman–Crippen MR) is 92.6 cm³/mol. The van der Waals surface area contributed by atoms with Crippen LogP contribution in [0.2, 0.25) is 0 Å². The van der Waals surface area contributed by atoms with E-state index < -0.39 is 0 Å². The second kappa shape index (κ2) is 7.98. The van der Waals surface area contributed by atoms with Gasteiger partial charge in [0.05, 0.1) is 0 Å². The highest BCUT2D eigenvalue weighted by atomic mass is 14.9. The molecule has 0 aliphatic heterocycles. The largest absolute Gasteiger partial charge is 0.313 e. The summed E-state index contributed by atoms with van der Waals surface area (Å²) in [5, 5.41) is 3.85. The maximum atomic E-state index is 3.85. The van der Waals surface area contributed by atoms with Crippen LogP contribution in [0.25, 0.3) is 0 Å². The monoisotopic (exact) mass is 287 g/mol. The molecule has 0 aromatic heterocycles. The van der Waals surface area contributed by atoms with E-state index in [1.807, 2.05) is 0 Å². The zero-order valence-electron chi connectivity index (χ0n) is 14.4. The van der Waals surface area contributed by atoms with E-state index in [9.17, 15) is 0 Å². The van der Waals surface area contributed by atoms with Crippen molar-refractivity contribution >= 4 is 0 Å². The first kappa shape index (κ1) is 16.5. The number of aryl methyl sites for hydroxylation is 1. The van der Waals surface area contributed by atoms with Crippen LogP contribution in [-0.2, 0) is 6.42 Å². The SMILES string of the molecule is CCCNC(Cc1ccccc1C)C1CCC(C)C(C)C1. The summed E-state index contributed by atoms with van der Waals surface area (Å²) in [5.41, 5.74) is 2.97. The molecule has 2 rings (SSSR count). The molecule has 1 fully saturated rings. The molecule has 1 nitrogen and oxygen atoms in total. The number of nitrogens with one attached hydrogen (secondary N) is 1. The van der Waals surface area contributed by atoms with Crippen LogP contribution in [0.1, 0.15) is 57.6 Å². The summed E-state index contributed by atoms with van der Waals surface area (Å²) in [5.74, 6) is 2.64. The molecule has 0 amide bonds. The van der Waals surface area contributed by atoms with Crippen molar-refractivity contribution < 1.29 is 0 Å². The smallest absolute Gasteiger partial charge is 0.0136 e. The number of rotatable bonds is 6. The average molecular weight is 287 g/mol. The third-order valence-corrected chi connectivity index (χ3v) is 5.57. The Morgan fingerprint density at radius 1 is 1.14 bits per heavy atom. The van der Waals surface area contributed by atoms with Crippen molar-refractivity contribution in [2.24, 2.45) is 17.8 Å². The van der Waals surface area contributed by atoms with Gasteiger partial charge in [-0.2, -0.15) is 0 Å². The fourth-order valence-electron chi connectivity index (χ4n) is 3.77. The van der Waals surface area contributed by atoms with Gasteiger partial charge in [0.15, 0.2) is 0 Å². The van der Waals surface area contributed by atoms with Crippen LogP contribution < -0.4 is 5.32 Å². The fourth-order valence-corrected chi connectivity index (χ4v) is 3.77. The van der Waals surface area contributed by atoms with Crippen molar-refractivity contribution in [2.75, 3.05) is 6.54 Å². The van der Waals surface area contributed by atoms with Crippen molar-refractivity contribution in [1.82, 2.24) is 5.32 Å². The molecule has 1 aromatic carbocycles. The van der Waals surface area contributed by atoms with Crippen LogP contribution in [-0.4, -0.2) is 12.6 Å². The first-order chi connectivity index (χ1) is 10.1. The summed E-state index contributed by atoms with van der Waals surface area (Å²) < 4.78 is 0. The zero-order chi connectivity index (χ0) is 15.2. The molecule has 1 N–H and O–H groups in total. The predicted octanol–water partition coefficient (Wildman–Crippen LogP) is 4.98. The van der Waals surface area contributed by atoms with Gasteiger partial charge in [-0.05, 0) is 68.0 Å². The molecule has 4 atom stereocenters. The number of hydrogen-bond acceptors (Lipinski definition) is 1. The van der Waals surface area contributed by atoms with Crippen LogP contribution >= 0.6 is 0 Å². The van der Waals surface area contributed by atoms with E-state index in [1.54, 1.807) is 0 Å². The molecule has 1 aliphatic rings. The van der Waals surface area contributed by atoms with Crippen molar-refractivity contribution in [3.8, 4) is 0 Å². The van der Waals surface area contributed by atoms with E-state index in [0.29, 0.717) is 6.04 Å². The summed E-state index contributed by atoms with van der Waals surface area (Å²) in [6.45, 7) is 10.5. The fraction of sp³-hybridized carbons (Fsp3) is 0.700. The van der Waals surface area contributed by atoms with Gasteiger partial charge in [-0.25, -0.2) is 0 Å². The third kappa shape index (κ3) is 4.57. The Bertz CT molecular complexity index is 426. The van der Waals surface area contributed by atoms with Gasteiger partial charge in [0.2, 0.25) is 0 Å². The lowest BCUT2D eigenvalue weighted by Crippen LogP contribution is -2.41. The minimum absolute atomic E-state index is 0.654. The number of benzene rings is 1. The summed E-state index contributed by atoms with van der Waals surface area (Å²) in [6.07, 6.45) is 6.62. The molecule has 0 saturated heterocycles. The highest BCUT2D eigenvalue weighted by Crippen LogP contribution is 2.36. The summed E-state index contributed by atoms with van der Waals surface area (Å²) in [7, 11) is 0.